The van der Waals surface area contributed by atoms with Crippen LogP contribution in [0, 0.1) is 0 Å². The zero-order valence-electron chi connectivity index (χ0n) is 7.74. The number of hydrogen-bond acceptors (Lipinski definition) is 2. The Morgan fingerprint density at radius 1 is 0.923 bits per heavy atom. The van der Waals surface area contributed by atoms with Gasteiger partial charge in [0.15, 0.2) is 0 Å². The van der Waals surface area contributed by atoms with Gasteiger partial charge in [0.2, 0.25) is 0 Å². The average Bonchev–Trinajstić information content (AvgIpc) is 2.99. The van der Waals surface area contributed by atoms with E-state index < -0.39 is 0 Å². The normalized spacial score (nSPS) is 30.5. The van der Waals surface area contributed by atoms with Gasteiger partial charge in [-0.05, 0) is 0 Å². The molecule has 0 bridgehead atoms. The molecule has 0 aromatic heterocycles. The first-order valence-corrected chi connectivity index (χ1v) is 13.5. The summed E-state index contributed by atoms with van der Waals surface area (Å²) in [6.07, 6.45) is 1.61. The van der Waals surface area contributed by atoms with E-state index in [0.29, 0.717) is 41.8 Å². The average molecular weight is 444 g/mol. The maximum atomic E-state index is 2.19. The van der Waals surface area contributed by atoms with Gasteiger partial charge in [0.1, 0.15) is 0 Å². The van der Waals surface area contributed by atoms with Gasteiger partial charge in [-0.25, -0.2) is 0 Å². The maximum absolute atomic E-state index is 2.19. The molecule has 0 aliphatic carbocycles. The molecule has 0 spiro atoms. The fraction of sp³-hybridized carbons (Fsp3) is 1.00. The first-order valence-electron chi connectivity index (χ1n) is 4.84. The predicted octanol–water partition coefficient (Wildman–Crippen LogP) is 2.69. The predicted molar refractivity (Wildman–Crippen MR) is 67.8 cm³/mol. The van der Waals surface area contributed by atoms with Crippen molar-refractivity contribution in [2.45, 2.75) is 34.8 Å². The Hall–Kier alpha value is 2.28. The van der Waals surface area contributed by atoms with E-state index in [9.17, 15) is 0 Å². The van der Waals surface area contributed by atoms with Crippen LogP contribution in [0.2, 0.25) is 17.9 Å². The van der Waals surface area contributed by atoms with Crippen molar-refractivity contribution in [1.82, 2.24) is 0 Å². The third-order valence-electron chi connectivity index (χ3n) is 1.99. The summed E-state index contributed by atoms with van der Waals surface area (Å²) in [5, 5.41) is 2.28. The molecular weight excluding hydrogens is 427 g/mol. The Morgan fingerprint density at radius 2 is 1.38 bits per heavy atom. The van der Waals surface area contributed by atoms with Gasteiger partial charge in [-0.15, -0.1) is 0 Å². The third kappa shape index (κ3) is 6.44. The monoisotopic (exact) mass is 448 g/mol. The molecule has 2 aliphatic heterocycles. The third-order valence-corrected chi connectivity index (χ3v) is 12.2. The molecule has 2 saturated heterocycles. The fourth-order valence-corrected chi connectivity index (χ4v) is 12.5. The van der Waals surface area contributed by atoms with Gasteiger partial charge >= 0.3 is 112 Å². The van der Waals surface area contributed by atoms with Gasteiger partial charge in [-0.1, -0.05) is 0 Å². The van der Waals surface area contributed by atoms with Crippen LogP contribution < -0.4 is 0 Å². The van der Waals surface area contributed by atoms with Gasteiger partial charge in [0.25, 0.3) is 0 Å². The summed E-state index contributed by atoms with van der Waals surface area (Å²) < 4.78 is 6.61. The van der Waals surface area contributed by atoms with Crippen LogP contribution in [0.15, 0.2) is 0 Å². The molecule has 2 atom stereocenters. The van der Waals surface area contributed by atoms with Crippen molar-refractivity contribution in [3.63, 3.8) is 0 Å². The molecular formula is C9H16S2Te2. The van der Waals surface area contributed by atoms with Crippen molar-refractivity contribution in [3.8, 4) is 0 Å². The number of thioether (sulfide) groups is 2. The Labute approximate surface area is 110 Å². The molecule has 0 radical (unpaired) electrons. The summed E-state index contributed by atoms with van der Waals surface area (Å²) in [6, 6.07) is 0. The molecule has 0 N–H and O–H groups in total. The Balaban J connectivity index is 1.28. The molecule has 2 aliphatic rings. The number of rotatable bonds is 8. The van der Waals surface area contributed by atoms with Crippen molar-refractivity contribution < 1.29 is 0 Å². The van der Waals surface area contributed by atoms with Crippen molar-refractivity contribution in [1.29, 1.82) is 0 Å². The molecule has 2 unspecified atom stereocenters. The molecule has 0 aromatic carbocycles. The SMILES string of the molecule is C(C[Te]CC1CS1)C[Te]CC1CS1. The number of hydrogen-bond donors (Lipinski definition) is 0. The molecule has 2 fully saturated rings. The molecule has 2 rings (SSSR count). The van der Waals surface area contributed by atoms with Crippen LogP contribution in [0.25, 0.3) is 0 Å². The summed E-state index contributed by atoms with van der Waals surface area (Å²) in [4.78, 5) is 0. The standard InChI is InChI=1S/C9H16S2Te2/c1(2-12-6-8-4-10-8)3-13-7-9-5-11-9/h8-9H,1-7H2. The summed E-state index contributed by atoms with van der Waals surface area (Å²) in [5.74, 6) is 3.00. The van der Waals surface area contributed by atoms with Crippen LogP contribution in [0.3, 0.4) is 0 Å². The van der Waals surface area contributed by atoms with Crippen LogP contribution >= 0.6 is 23.5 Å². The van der Waals surface area contributed by atoms with Crippen molar-refractivity contribution >= 4 is 65.4 Å². The van der Waals surface area contributed by atoms with Crippen molar-refractivity contribution in [2.24, 2.45) is 0 Å². The molecule has 76 valence electrons. The zero-order valence-corrected chi connectivity index (χ0v) is 14.0. The Morgan fingerprint density at radius 3 is 1.77 bits per heavy atom. The van der Waals surface area contributed by atoms with Gasteiger partial charge in [0.05, 0.1) is 0 Å². The van der Waals surface area contributed by atoms with E-state index in [2.05, 4.69) is 23.5 Å². The van der Waals surface area contributed by atoms with Crippen LogP contribution in [0.5, 0.6) is 0 Å². The minimum atomic E-state index is 0.462. The Bertz CT molecular complexity index is 131. The molecule has 0 nitrogen and oxygen atoms in total. The molecule has 13 heavy (non-hydrogen) atoms. The first kappa shape index (κ1) is 11.8. The van der Waals surface area contributed by atoms with Gasteiger partial charge < -0.3 is 0 Å². The first-order chi connectivity index (χ1) is 6.45. The fourth-order valence-electron chi connectivity index (χ4n) is 1.02. The summed E-state index contributed by atoms with van der Waals surface area (Å²) >= 11 is 5.30. The zero-order chi connectivity index (χ0) is 8.93. The van der Waals surface area contributed by atoms with Crippen molar-refractivity contribution in [3.05, 3.63) is 0 Å². The molecule has 0 amide bonds. The molecule has 4 heteroatoms. The minimum absolute atomic E-state index is 0.462. The van der Waals surface area contributed by atoms with Gasteiger partial charge in [-0.3, -0.25) is 0 Å². The van der Waals surface area contributed by atoms with E-state index >= 15 is 0 Å². The summed E-state index contributed by atoms with van der Waals surface area (Å²) in [5.41, 5.74) is 0. The van der Waals surface area contributed by atoms with Crippen LogP contribution in [0.4, 0.5) is 0 Å². The van der Waals surface area contributed by atoms with Gasteiger partial charge in [-0.2, -0.15) is 0 Å². The molecule has 2 heterocycles. The van der Waals surface area contributed by atoms with E-state index in [1.165, 1.54) is 11.5 Å². The second-order valence-electron chi connectivity index (χ2n) is 3.41. The van der Waals surface area contributed by atoms with E-state index in [4.69, 9.17) is 0 Å². The summed E-state index contributed by atoms with van der Waals surface area (Å²) in [6.45, 7) is 0. The van der Waals surface area contributed by atoms with E-state index in [0.717, 1.165) is 10.5 Å². The van der Waals surface area contributed by atoms with E-state index in [-0.39, 0.29) is 0 Å². The van der Waals surface area contributed by atoms with Crippen molar-refractivity contribution in [2.75, 3.05) is 11.5 Å². The van der Waals surface area contributed by atoms with Crippen LogP contribution in [-0.4, -0.2) is 63.9 Å². The Kier molecular flexibility index (Phi) is 6.13. The topological polar surface area (TPSA) is 0 Å². The van der Waals surface area contributed by atoms with Gasteiger partial charge in [0, 0.05) is 0 Å². The quantitative estimate of drug-likeness (QED) is 0.322. The molecule has 0 aromatic rings. The second kappa shape index (κ2) is 6.77. The van der Waals surface area contributed by atoms with Crippen LogP contribution in [0.1, 0.15) is 6.42 Å². The van der Waals surface area contributed by atoms with E-state index in [1.54, 1.807) is 24.3 Å². The second-order valence-corrected chi connectivity index (χ2v) is 12.6. The molecule has 0 saturated carbocycles. The van der Waals surface area contributed by atoms with E-state index in [1.807, 2.05) is 0 Å². The van der Waals surface area contributed by atoms with Crippen LogP contribution in [-0.2, 0) is 0 Å². The summed E-state index contributed by atoms with van der Waals surface area (Å²) in [7, 11) is 0.